The van der Waals surface area contributed by atoms with Crippen molar-refractivity contribution in [3.63, 3.8) is 0 Å². The maximum Gasteiger partial charge on any atom is 0.251 e. The van der Waals surface area contributed by atoms with Gasteiger partial charge < -0.3 is 16.0 Å². The molecule has 0 aromatic carbocycles. The van der Waals surface area contributed by atoms with Crippen molar-refractivity contribution in [1.82, 2.24) is 4.90 Å². The van der Waals surface area contributed by atoms with Crippen LogP contribution in [0.5, 0.6) is 0 Å². The van der Waals surface area contributed by atoms with Gasteiger partial charge in [0.1, 0.15) is 5.84 Å². The summed E-state index contributed by atoms with van der Waals surface area (Å²) in [5.74, 6) is 0.00376. The molecule has 1 atom stereocenters. The van der Waals surface area contributed by atoms with E-state index in [2.05, 4.69) is 5.16 Å². The molecule has 0 rings (SSSR count). The van der Waals surface area contributed by atoms with E-state index < -0.39 is 13.0 Å². The summed E-state index contributed by atoms with van der Waals surface area (Å²) in [6, 6.07) is -0.253. The van der Waals surface area contributed by atoms with E-state index in [1.165, 1.54) is 4.90 Å². The van der Waals surface area contributed by atoms with Crippen LogP contribution in [0, 0.1) is 0 Å². The summed E-state index contributed by atoms with van der Waals surface area (Å²) in [5, 5.41) is 20.0. The van der Waals surface area contributed by atoms with Crippen LogP contribution in [0.1, 0.15) is 19.8 Å². The first-order chi connectivity index (χ1) is 7.54. The van der Waals surface area contributed by atoms with Crippen LogP contribution >= 0.6 is 0 Å². The van der Waals surface area contributed by atoms with Gasteiger partial charge in [-0.15, -0.1) is 0 Å². The molecule has 1 unspecified atom stereocenters. The van der Waals surface area contributed by atoms with E-state index in [9.17, 15) is 8.78 Å². The van der Waals surface area contributed by atoms with Gasteiger partial charge in [-0.3, -0.25) is 4.90 Å². The fourth-order valence-electron chi connectivity index (χ4n) is 1.54. The minimum atomic E-state index is -2.46. The van der Waals surface area contributed by atoms with Gasteiger partial charge in [0.2, 0.25) is 0 Å². The number of hydrogen-bond donors (Lipinski definition) is 3. The van der Waals surface area contributed by atoms with Crippen LogP contribution in [0.4, 0.5) is 8.78 Å². The number of aliphatic hydroxyl groups excluding tert-OH is 1. The average Bonchev–Trinajstić information content (AvgIpc) is 2.24. The normalized spacial score (nSPS) is 14.8. The van der Waals surface area contributed by atoms with Crippen LogP contribution in [0.3, 0.4) is 0 Å². The van der Waals surface area contributed by atoms with E-state index in [-0.39, 0.29) is 31.4 Å². The molecule has 0 aliphatic rings. The van der Waals surface area contributed by atoms with Gasteiger partial charge >= 0.3 is 0 Å². The first kappa shape index (κ1) is 15.0. The van der Waals surface area contributed by atoms with Crippen molar-refractivity contribution in [1.29, 1.82) is 0 Å². The van der Waals surface area contributed by atoms with Crippen molar-refractivity contribution in [3.8, 4) is 0 Å². The molecule has 16 heavy (non-hydrogen) atoms. The number of nitrogens with zero attached hydrogens (tertiary/aromatic N) is 2. The van der Waals surface area contributed by atoms with Crippen molar-refractivity contribution >= 4 is 5.84 Å². The zero-order chi connectivity index (χ0) is 12.6. The molecule has 0 bridgehead atoms. The molecule has 0 aromatic heterocycles. The summed E-state index contributed by atoms with van der Waals surface area (Å²) in [4.78, 5) is 1.45. The SMILES string of the molecule is CCC(CC(N)=NO)N(CCO)CC(F)F. The van der Waals surface area contributed by atoms with Crippen molar-refractivity contribution in [2.24, 2.45) is 10.9 Å². The zero-order valence-electron chi connectivity index (χ0n) is 9.31. The van der Waals surface area contributed by atoms with Crippen molar-refractivity contribution in [2.45, 2.75) is 32.2 Å². The zero-order valence-corrected chi connectivity index (χ0v) is 9.31. The quantitative estimate of drug-likeness (QED) is 0.249. The minimum absolute atomic E-state index is 0.00376. The molecule has 7 heteroatoms. The molecular formula is C9H19F2N3O2. The first-order valence-electron chi connectivity index (χ1n) is 5.14. The predicted octanol–water partition coefficient (Wildman–Crippen LogP) is 0.461. The van der Waals surface area contributed by atoms with Crippen LogP contribution in [-0.2, 0) is 0 Å². The van der Waals surface area contributed by atoms with E-state index in [4.69, 9.17) is 16.0 Å². The van der Waals surface area contributed by atoms with Crippen LogP contribution in [-0.4, -0.2) is 53.2 Å². The van der Waals surface area contributed by atoms with Crippen molar-refractivity contribution < 1.29 is 19.1 Å². The van der Waals surface area contributed by atoms with E-state index in [1.807, 2.05) is 6.92 Å². The Kier molecular flexibility index (Phi) is 7.74. The Morgan fingerprint density at radius 3 is 2.50 bits per heavy atom. The number of rotatable bonds is 8. The predicted molar refractivity (Wildman–Crippen MR) is 56.8 cm³/mol. The summed E-state index contributed by atoms with van der Waals surface area (Å²) in [5.41, 5.74) is 5.34. The van der Waals surface area contributed by atoms with Crippen LogP contribution < -0.4 is 5.73 Å². The molecule has 0 radical (unpaired) electrons. The summed E-state index contributed by atoms with van der Waals surface area (Å²) in [6.07, 6.45) is -1.67. The molecule has 0 heterocycles. The molecule has 0 aliphatic carbocycles. The average molecular weight is 239 g/mol. The Hall–Kier alpha value is -0.950. The third-order valence-electron chi connectivity index (χ3n) is 2.32. The lowest BCUT2D eigenvalue weighted by molar-refractivity contribution is 0.0548. The van der Waals surface area contributed by atoms with E-state index in [0.717, 1.165) is 0 Å². The lowest BCUT2D eigenvalue weighted by Crippen LogP contribution is -2.42. The molecule has 0 fully saturated rings. The highest BCUT2D eigenvalue weighted by molar-refractivity contribution is 5.80. The lowest BCUT2D eigenvalue weighted by Gasteiger charge is -2.29. The number of aliphatic hydroxyl groups is 1. The van der Waals surface area contributed by atoms with Crippen LogP contribution in [0.15, 0.2) is 5.16 Å². The highest BCUT2D eigenvalue weighted by atomic mass is 19.3. The molecular weight excluding hydrogens is 220 g/mol. The van der Waals surface area contributed by atoms with Gasteiger partial charge in [0.05, 0.1) is 13.2 Å². The first-order valence-corrected chi connectivity index (χ1v) is 5.14. The smallest absolute Gasteiger partial charge is 0.251 e. The van der Waals surface area contributed by atoms with Gasteiger partial charge in [0.25, 0.3) is 6.43 Å². The second-order valence-corrected chi connectivity index (χ2v) is 3.47. The van der Waals surface area contributed by atoms with Crippen molar-refractivity contribution in [3.05, 3.63) is 0 Å². The molecule has 96 valence electrons. The van der Waals surface area contributed by atoms with Gasteiger partial charge in [-0.2, -0.15) is 0 Å². The monoisotopic (exact) mass is 239 g/mol. The third kappa shape index (κ3) is 5.82. The Morgan fingerprint density at radius 1 is 1.50 bits per heavy atom. The topological polar surface area (TPSA) is 82.1 Å². The number of oxime groups is 1. The Balaban J connectivity index is 4.44. The second-order valence-electron chi connectivity index (χ2n) is 3.47. The number of hydrogen-bond acceptors (Lipinski definition) is 4. The Labute approximate surface area is 93.5 Å². The maximum absolute atomic E-state index is 12.3. The number of amidine groups is 1. The number of halogens is 2. The highest BCUT2D eigenvalue weighted by Crippen LogP contribution is 2.11. The molecule has 0 amide bonds. The van der Waals surface area contributed by atoms with Gasteiger partial charge in [-0.25, -0.2) is 8.78 Å². The largest absolute Gasteiger partial charge is 0.409 e. The van der Waals surface area contributed by atoms with Gasteiger partial charge in [0, 0.05) is 19.0 Å². The van der Waals surface area contributed by atoms with Crippen LogP contribution in [0.25, 0.3) is 0 Å². The number of nitrogens with two attached hydrogens (primary N) is 1. The maximum atomic E-state index is 12.3. The summed E-state index contributed by atoms with van der Waals surface area (Å²) in [7, 11) is 0. The lowest BCUT2D eigenvalue weighted by atomic mass is 10.1. The molecule has 0 aliphatic heterocycles. The minimum Gasteiger partial charge on any atom is -0.409 e. The highest BCUT2D eigenvalue weighted by Gasteiger charge is 2.21. The van der Waals surface area contributed by atoms with Crippen molar-refractivity contribution in [2.75, 3.05) is 19.7 Å². The summed E-state index contributed by atoms with van der Waals surface area (Å²) < 4.78 is 24.6. The van der Waals surface area contributed by atoms with E-state index >= 15 is 0 Å². The third-order valence-corrected chi connectivity index (χ3v) is 2.32. The molecule has 0 aromatic rings. The molecule has 0 spiro atoms. The standard InChI is InChI=1S/C9H19F2N3O2/c1-2-7(5-9(12)13-16)14(3-4-15)6-8(10)11/h7-8,15-16H,2-6H2,1H3,(H2,12,13). The fourth-order valence-corrected chi connectivity index (χ4v) is 1.54. The molecule has 4 N–H and O–H groups in total. The molecule has 0 saturated carbocycles. The summed E-state index contributed by atoms with van der Waals surface area (Å²) in [6.45, 7) is 1.36. The number of alkyl halides is 2. The van der Waals surface area contributed by atoms with Gasteiger partial charge in [-0.05, 0) is 6.42 Å². The molecule has 5 nitrogen and oxygen atoms in total. The second kappa shape index (κ2) is 8.23. The fraction of sp³-hybridized carbons (Fsp3) is 0.889. The van der Waals surface area contributed by atoms with E-state index in [0.29, 0.717) is 6.42 Å². The summed E-state index contributed by atoms with van der Waals surface area (Å²) >= 11 is 0. The Morgan fingerprint density at radius 2 is 2.12 bits per heavy atom. The molecule has 0 saturated heterocycles. The Bertz CT molecular complexity index is 215. The van der Waals surface area contributed by atoms with Crippen LogP contribution in [0.2, 0.25) is 0 Å². The van der Waals surface area contributed by atoms with E-state index in [1.54, 1.807) is 0 Å². The van der Waals surface area contributed by atoms with Gasteiger partial charge in [0.15, 0.2) is 0 Å². The van der Waals surface area contributed by atoms with Gasteiger partial charge in [-0.1, -0.05) is 12.1 Å².